The average Bonchev–Trinajstić information content (AvgIpc) is 3.28. The molecule has 3 aromatic rings. The molecule has 10 heteroatoms. The van der Waals surface area contributed by atoms with Crippen LogP contribution in [-0.2, 0) is 35.3 Å². The third-order valence-electron chi connectivity index (χ3n) is 4.89. The van der Waals surface area contributed by atoms with Crippen LogP contribution in [0, 0.1) is 0 Å². The van der Waals surface area contributed by atoms with E-state index in [0.717, 1.165) is 47.2 Å². The first-order valence-corrected chi connectivity index (χ1v) is 11.2. The van der Waals surface area contributed by atoms with Gasteiger partial charge in [-0.1, -0.05) is 0 Å². The lowest BCUT2D eigenvalue weighted by molar-refractivity contribution is -0.118. The molecule has 0 radical (unpaired) electrons. The molecule has 4 N–H and O–H groups in total. The van der Waals surface area contributed by atoms with Crippen molar-refractivity contribution in [1.29, 1.82) is 0 Å². The highest BCUT2D eigenvalue weighted by Gasteiger charge is 2.20. The molecule has 1 aliphatic carbocycles. The number of carbonyl (C=O) groups is 2. The number of rotatable bonds is 7. The van der Waals surface area contributed by atoms with Gasteiger partial charge in [0, 0.05) is 29.5 Å². The van der Waals surface area contributed by atoms with Crippen LogP contribution >= 0.6 is 22.7 Å². The largest absolute Gasteiger partial charge is 0.370 e. The minimum absolute atomic E-state index is 0.108. The molecule has 8 nitrogen and oxygen atoms in total. The summed E-state index contributed by atoms with van der Waals surface area (Å²) in [6, 6.07) is 0. The maximum Gasteiger partial charge on any atom is 0.259 e. The number of thiazole rings is 1. The van der Waals surface area contributed by atoms with Crippen LogP contribution in [0.25, 0.3) is 10.2 Å². The number of amides is 2. The van der Waals surface area contributed by atoms with E-state index < -0.39 is 0 Å². The number of carbonyl (C=O) groups excluding carboxylic acids is 2. The summed E-state index contributed by atoms with van der Waals surface area (Å²) in [7, 11) is 0. The molecule has 2 amide bonds. The predicted octanol–water partition coefficient (Wildman–Crippen LogP) is 2.31. The summed E-state index contributed by atoms with van der Waals surface area (Å²) in [5.74, 6) is -0.0554. The Bertz CT molecular complexity index is 1130. The van der Waals surface area contributed by atoms with Crippen LogP contribution in [0.2, 0.25) is 0 Å². The van der Waals surface area contributed by atoms with Gasteiger partial charge < -0.3 is 16.0 Å². The number of thiophene rings is 1. The number of primary amides is 1. The highest BCUT2D eigenvalue weighted by Crippen LogP contribution is 2.33. The van der Waals surface area contributed by atoms with E-state index in [9.17, 15) is 14.4 Å². The van der Waals surface area contributed by atoms with Crippen molar-refractivity contribution in [2.75, 3.05) is 5.32 Å². The quantitative estimate of drug-likeness (QED) is 0.528. The molecule has 29 heavy (non-hydrogen) atoms. The number of H-pyrrole nitrogens is 1. The zero-order chi connectivity index (χ0) is 20.4. The van der Waals surface area contributed by atoms with Crippen LogP contribution in [0.1, 0.15) is 47.6 Å². The number of aromatic amines is 1. The number of hydrogen-bond donors (Lipinski definition) is 3. The van der Waals surface area contributed by atoms with Crippen LogP contribution < -0.4 is 16.6 Å². The molecule has 0 spiro atoms. The SMILES string of the molecule is NC(=O)CCc1csc(NC(=O)CCc2nc3sc4c(c3c(=O)[nH]2)CCCC4)n1. The fourth-order valence-corrected chi connectivity index (χ4v) is 5.51. The van der Waals surface area contributed by atoms with Crippen molar-refractivity contribution in [2.24, 2.45) is 5.73 Å². The van der Waals surface area contributed by atoms with Crippen LogP contribution in [0.4, 0.5) is 5.13 Å². The zero-order valence-corrected chi connectivity index (χ0v) is 17.4. The number of nitrogens with zero attached hydrogens (tertiary/aromatic N) is 2. The second-order valence-corrected chi connectivity index (χ2v) is 9.00. The first kappa shape index (κ1) is 19.7. The summed E-state index contributed by atoms with van der Waals surface area (Å²) in [6.07, 6.45) is 5.45. The molecule has 0 aromatic carbocycles. The van der Waals surface area contributed by atoms with Crippen LogP contribution in [-0.4, -0.2) is 26.8 Å². The molecule has 4 rings (SSSR count). The van der Waals surface area contributed by atoms with E-state index in [0.29, 0.717) is 23.8 Å². The summed E-state index contributed by atoms with van der Waals surface area (Å²) >= 11 is 2.91. The van der Waals surface area contributed by atoms with E-state index in [2.05, 4.69) is 20.3 Å². The normalized spacial score (nSPS) is 13.4. The highest BCUT2D eigenvalue weighted by molar-refractivity contribution is 7.18. The van der Waals surface area contributed by atoms with Crippen molar-refractivity contribution in [1.82, 2.24) is 15.0 Å². The molecular formula is C19H21N5O3S2. The van der Waals surface area contributed by atoms with Gasteiger partial charge in [0.15, 0.2) is 5.13 Å². The monoisotopic (exact) mass is 431 g/mol. The molecular weight excluding hydrogens is 410 g/mol. The Morgan fingerprint density at radius 2 is 2.00 bits per heavy atom. The van der Waals surface area contributed by atoms with Gasteiger partial charge in [0.1, 0.15) is 10.7 Å². The summed E-state index contributed by atoms with van der Waals surface area (Å²) in [5, 5.41) is 5.75. The minimum Gasteiger partial charge on any atom is -0.370 e. The fourth-order valence-electron chi connectivity index (χ4n) is 3.47. The van der Waals surface area contributed by atoms with Gasteiger partial charge in [0.2, 0.25) is 11.8 Å². The van der Waals surface area contributed by atoms with Crippen molar-refractivity contribution >= 4 is 49.8 Å². The molecule has 0 aliphatic heterocycles. The third kappa shape index (κ3) is 4.54. The number of hydrogen-bond acceptors (Lipinski definition) is 7. The Morgan fingerprint density at radius 1 is 1.17 bits per heavy atom. The second kappa shape index (κ2) is 8.42. The summed E-state index contributed by atoms with van der Waals surface area (Å²) < 4.78 is 0. The average molecular weight is 432 g/mol. The topological polar surface area (TPSA) is 131 Å². The smallest absolute Gasteiger partial charge is 0.259 e. The molecule has 152 valence electrons. The molecule has 0 fully saturated rings. The minimum atomic E-state index is -0.381. The van der Waals surface area contributed by atoms with Crippen molar-refractivity contribution in [3.8, 4) is 0 Å². The number of anilines is 1. The van der Waals surface area contributed by atoms with Gasteiger partial charge in [0.25, 0.3) is 5.56 Å². The van der Waals surface area contributed by atoms with Gasteiger partial charge >= 0.3 is 0 Å². The van der Waals surface area contributed by atoms with E-state index in [-0.39, 0.29) is 30.2 Å². The van der Waals surface area contributed by atoms with E-state index in [4.69, 9.17) is 5.73 Å². The Labute approximate surface area is 174 Å². The van der Waals surface area contributed by atoms with Crippen LogP contribution in [0.5, 0.6) is 0 Å². The number of fused-ring (bicyclic) bond motifs is 3. The van der Waals surface area contributed by atoms with E-state index in [1.165, 1.54) is 16.2 Å². The van der Waals surface area contributed by atoms with Gasteiger partial charge in [-0.3, -0.25) is 14.4 Å². The first-order chi connectivity index (χ1) is 14.0. The molecule has 0 bridgehead atoms. The molecule has 0 unspecified atom stereocenters. The van der Waals surface area contributed by atoms with Crippen molar-refractivity contribution in [3.05, 3.63) is 37.7 Å². The number of nitrogens with two attached hydrogens (primary N) is 1. The van der Waals surface area contributed by atoms with Gasteiger partial charge in [-0.05, 0) is 37.7 Å². The Balaban J connectivity index is 1.38. The highest BCUT2D eigenvalue weighted by atomic mass is 32.1. The second-order valence-electron chi connectivity index (χ2n) is 7.06. The standard InChI is InChI=1S/C19H21N5O3S2/c20-13(25)6-5-10-9-28-19(21-10)24-15(26)8-7-14-22-17(27)16-11-3-1-2-4-12(11)29-18(16)23-14/h9H,1-8H2,(H2,20,25)(H,21,24,26)(H,22,23,27). The first-order valence-electron chi connectivity index (χ1n) is 9.55. The fraction of sp³-hybridized carbons (Fsp3) is 0.421. The van der Waals surface area contributed by atoms with Crippen LogP contribution in [0.3, 0.4) is 0 Å². The maximum absolute atomic E-state index is 12.5. The zero-order valence-electron chi connectivity index (χ0n) is 15.7. The molecule has 0 saturated heterocycles. The lowest BCUT2D eigenvalue weighted by Gasteiger charge is -2.09. The number of aryl methyl sites for hydroxylation is 4. The van der Waals surface area contributed by atoms with E-state index >= 15 is 0 Å². The molecule has 0 atom stereocenters. The van der Waals surface area contributed by atoms with Crippen LogP contribution in [0.15, 0.2) is 10.2 Å². The Kier molecular flexibility index (Phi) is 5.72. The van der Waals surface area contributed by atoms with Gasteiger partial charge in [0.05, 0.1) is 11.1 Å². The number of nitrogens with one attached hydrogen (secondary N) is 2. The van der Waals surface area contributed by atoms with Crippen molar-refractivity contribution in [3.63, 3.8) is 0 Å². The third-order valence-corrected chi connectivity index (χ3v) is 6.88. The molecule has 3 aromatic heterocycles. The van der Waals surface area contributed by atoms with Gasteiger partial charge in [-0.2, -0.15) is 0 Å². The lowest BCUT2D eigenvalue weighted by Crippen LogP contribution is -2.16. The van der Waals surface area contributed by atoms with Gasteiger partial charge in [-0.25, -0.2) is 9.97 Å². The van der Waals surface area contributed by atoms with E-state index in [1.54, 1.807) is 16.7 Å². The van der Waals surface area contributed by atoms with E-state index in [1.807, 2.05) is 0 Å². The summed E-state index contributed by atoms with van der Waals surface area (Å²) in [5.41, 5.74) is 6.91. The number of aromatic nitrogens is 3. The predicted molar refractivity (Wildman–Crippen MR) is 113 cm³/mol. The maximum atomic E-state index is 12.5. The molecule has 3 heterocycles. The Hall–Kier alpha value is -2.59. The van der Waals surface area contributed by atoms with Crippen molar-refractivity contribution < 1.29 is 9.59 Å². The summed E-state index contributed by atoms with van der Waals surface area (Å²) in [6.45, 7) is 0. The Morgan fingerprint density at radius 3 is 2.83 bits per heavy atom. The van der Waals surface area contributed by atoms with Gasteiger partial charge in [-0.15, -0.1) is 22.7 Å². The van der Waals surface area contributed by atoms with Crippen molar-refractivity contribution in [2.45, 2.75) is 51.4 Å². The molecule has 0 saturated carbocycles. The molecule has 1 aliphatic rings. The lowest BCUT2D eigenvalue weighted by atomic mass is 9.97. The summed E-state index contributed by atoms with van der Waals surface area (Å²) in [4.78, 5) is 49.4.